The number of halogens is 2. The molecule has 1 aromatic heterocycles. The summed E-state index contributed by atoms with van der Waals surface area (Å²) in [6.07, 6.45) is 2.33. The quantitative estimate of drug-likeness (QED) is 0.879. The van der Waals surface area contributed by atoms with E-state index >= 15 is 0 Å². The number of carbonyl (C=O) groups is 1. The minimum atomic E-state index is -1.00. The van der Waals surface area contributed by atoms with Gasteiger partial charge in [0.1, 0.15) is 11.6 Å². The molecule has 1 aliphatic carbocycles. The van der Waals surface area contributed by atoms with Crippen LogP contribution >= 0.6 is 0 Å². The fraction of sp³-hybridized carbons (Fsp3) is 0.368. The van der Waals surface area contributed by atoms with Crippen LogP contribution in [0, 0.1) is 17.6 Å². The van der Waals surface area contributed by atoms with E-state index in [1.807, 2.05) is 18.2 Å². The van der Waals surface area contributed by atoms with Crippen LogP contribution in [-0.4, -0.2) is 28.7 Å². The summed E-state index contributed by atoms with van der Waals surface area (Å²) < 4.78 is 32.4. The smallest absolute Gasteiger partial charge is 0.273 e. The largest absolute Gasteiger partial charge is 0.493 e. The SMILES string of the molecule is O=C(N[C@@H](c1ccc2c(c1)CCO2)C1CC(O)C1)c1ncc(F)cc1F. The molecule has 2 aromatic rings. The second-order valence-electron chi connectivity index (χ2n) is 6.79. The van der Waals surface area contributed by atoms with E-state index in [4.69, 9.17) is 4.74 Å². The minimum absolute atomic E-state index is 0.0397. The normalized spacial score (nSPS) is 22.1. The molecule has 0 spiro atoms. The van der Waals surface area contributed by atoms with Crippen molar-refractivity contribution < 1.29 is 23.4 Å². The number of nitrogens with zero attached hydrogens (tertiary/aromatic N) is 1. The predicted molar refractivity (Wildman–Crippen MR) is 88.7 cm³/mol. The monoisotopic (exact) mass is 360 g/mol. The molecular formula is C19H18F2N2O3. The maximum atomic E-state index is 13.9. The van der Waals surface area contributed by atoms with Crippen LogP contribution in [0.1, 0.15) is 40.5 Å². The maximum absolute atomic E-state index is 13.9. The third-order valence-electron chi connectivity index (χ3n) is 5.00. The molecule has 2 aliphatic rings. The van der Waals surface area contributed by atoms with E-state index in [-0.39, 0.29) is 12.0 Å². The molecular weight excluding hydrogens is 342 g/mol. The molecule has 4 rings (SSSR count). The standard InChI is InChI=1S/C19H18F2N2O3/c20-13-8-15(21)18(22-9-13)19(25)23-17(12-6-14(24)7-12)11-1-2-16-10(5-11)3-4-26-16/h1-2,5,8-9,12,14,17,24H,3-4,6-7H2,(H,23,25)/t12?,14?,17-/m0/s1. The molecule has 26 heavy (non-hydrogen) atoms. The minimum Gasteiger partial charge on any atom is -0.493 e. The third-order valence-corrected chi connectivity index (χ3v) is 5.00. The second-order valence-corrected chi connectivity index (χ2v) is 6.79. The zero-order valence-corrected chi connectivity index (χ0v) is 13.9. The first-order valence-corrected chi connectivity index (χ1v) is 8.57. The number of hydrogen-bond acceptors (Lipinski definition) is 4. The average Bonchev–Trinajstić information content (AvgIpc) is 3.04. The van der Waals surface area contributed by atoms with Gasteiger partial charge in [0.05, 0.1) is 24.9 Å². The Bertz CT molecular complexity index is 853. The zero-order valence-electron chi connectivity index (χ0n) is 13.9. The Kier molecular flexibility index (Phi) is 4.32. The lowest BCUT2D eigenvalue weighted by Gasteiger charge is -2.38. The molecule has 0 unspecified atom stereocenters. The number of nitrogens with one attached hydrogen (secondary N) is 1. The van der Waals surface area contributed by atoms with Gasteiger partial charge in [-0.2, -0.15) is 0 Å². The molecule has 1 fully saturated rings. The topological polar surface area (TPSA) is 71.5 Å². The Labute approximate surface area is 149 Å². The lowest BCUT2D eigenvalue weighted by Crippen LogP contribution is -2.41. The van der Waals surface area contributed by atoms with Crippen molar-refractivity contribution >= 4 is 5.91 Å². The summed E-state index contributed by atoms with van der Waals surface area (Å²) in [6.45, 7) is 0.628. The van der Waals surface area contributed by atoms with Gasteiger partial charge in [-0.25, -0.2) is 13.8 Å². The molecule has 0 saturated heterocycles. The van der Waals surface area contributed by atoms with Gasteiger partial charge in [-0.1, -0.05) is 6.07 Å². The highest BCUT2D eigenvalue weighted by Crippen LogP contribution is 2.40. The Morgan fingerprint density at radius 1 is 1.31 bits per heavy atom. The summed E-state index contributed by atoms with van der Waals surface area (Å²) >= 11 is 0. The lowest BCUT2D eigenvalue weighted by molar-refractivity contribution is 0.0234. The van der Waals surface area contributed by atoms with Gasteiger partial charge in [0.2, 0.25) is 0 Å². The van der Waals surface area contributed by atoms with Gasteiger partial charge in [-0.15, -0.1) is 0 Å². The van der Waals surface area contributed by atoms with Gasteiger partial charge in [0, 0.05) is 12.5 Å². The highest BCUT2D eigenvalue weighted by Gasteiger charge is 2.36. The fourth-order valence-electron chi connectivity index (χ4n) is 3.57. The number of aromatic nitrogens is 1. The molecule has 1 amide bonds. The van der Waals surface area contributed by atoms with Crippen molar-refractivity contribution in [2.24, 2.45) is 5.92 Å². The molecule has 0 radical (unpaired) electrons. The number of amides is 1. The van der Waals surface area contributed by atoms with Crippen molar-refractivity contribution in [1.29, 1.82) is 0 Å². The third kappa shape index (κ3) is 3.14. The van der Waals surface area contributed by atoms with Crippen LogP contribution in [0.5, 0.6) is 5.75 Å². The first kappa shape index (κ1) is 16.9. The number of hydrogen-bond donors (Lipinski definition) is 2. The Balaban J connectivity index is 1.60. The summed E-state index contributed by atoms with van der Waals surface area (Å²) in [5, 5.41) is 12.5. The first-order valence-electron chi connectivity index (χ1n) is 8.57. The number of aliphatic hydroxyl groups is 1. The molecule has 136 valence electrons. The number of ether oxygens (including phenoxy) is 1. The van der Waals surface area contributed by atoms with Crippen molar-refractivity contribution in [2.75, 3.05) is 6.61 Å². The predicted octanol–water partition coefficient (Wildman–Crippen LogP) is 2.54. The Hall–Kier alpha value is -2.54. The molecule has 1 saturated carbocycles. The van der Waals surface area contributed by atoms with Gasteiger partial charge in [-0.3, -0.25) is 4.79 Å². The summed E-state index contributed by atoms with van der Waals surface area (Å²) in [6, 6.07) is 5.96. The Morgan fingerprint density at radius 3 is 2.85 bits per heavy atom. The van der Waals surface area contributed by atoms with Crippen LogP contribution in [-0.2, 0) is 6.42 Å². The molecule has 1 aliphatic heterocycles. The highest BCUT2D eigenvalue weighted by atomic mass is 19.1. The van der Waals surface area contributed by atoms with Gasteiger partial charge < -0.3 is 15.2 Å². The highest BCUT2D eigenvalue weighted by molar-refractivity contribution is 5.92. The number of pyridine rings is 1. The van der Waals surface area contributed by atoms with Crippen molar-refractivity contribution in [3.05, 3.63) is 58.9 Å². The molecule has 1 atom stereocenters. The van der Waals surface area contributed by atoms with Crippen LogP contribution in [0.25, 0.3) is 0 Å². The van der Waals surface area contributed by atoms with Crippen LogP contribution in [0.4, 0.5) is 8.78 Å². The van der Waals surface area contributed by atoms with Crippen LogP contribution in [0.2, 0.25) is 0 Å². The number of benzene rings is 1. The van der Waals surface area contributed by atoms with Crippen molar-refractivity contribution in [3.8, 4) is 5.75 Å². The molecule has 2 N–H and O–H groups in total. The van der Waals surface area contributed by atoms with Gasteiger partial charge in [0.25, 0.3) is 5.91 Å². The Morgan fingerprint density at radius 2 is 2.12 bits per heavy atom. The van der Waals surface area contributed by atoms with E-state index in [2.05, 4.69) is 10.3 Å². The van der Waals surface area contributed by atoms with Crippen molar-refractivity contribution in [3.63, 3.8) is 0 Å². The zero-order chi connectivity index (χ0) is 18.3. The maximum Gasteiger partial charge on any atom is 0.273 e. The van der Waals surface area contributed by atoms with E-state index in [1.165, 1.54) is 0 Å². The van der Waals surface area contributed by atoms with Gasteiger partial charge in [0.15, 0.2) is 11.5 Å². The van der Waals surface area contributed by atoms with Crippen LogP contribution < -0.4 is 10.1 Å². The summed E-state index contributed by atoms with van der Waals surface area (Å²) in [7, 11) is 0. The number of carbonyl (C=O) groups excluding carboxylic acids is 1. The van der Waals surface area contributed by atoms with E-state index in [0.29, 0.717) is 25.5 Å². The first-order chi connectivity index (χ1) is 12.5. The van der Waals surface area contributed by atoms with Crippen LogP contribution in [0.15, 0.2) is 30.5 Å². The van der Waals surface area contributed by atoms with Crippen LogP contribution in [0.3, 0.4) is 0 Å². The summed E-state index contributed by atoms with van der Waals surface area (Å²) in [5.41, 5.74) is 1.50. The van der Waals surface area contributed by atoms with E-state index in [1.54, 1.807) is 0 Å². The number of aliphatic hydroxyl groups excluding tert-OH is 1. The van der Waals surface area contributed by atoms with Gasteiger partial charge in [-0.05, 0) is 42.0 Å². The number of fused-ring (bicyclic) bond motifs is 1. The lowest BCUT2D eigenvalue weighted by atomic mass is 9.74. The molecule has 7 heteroatoms. The fourth-order valence-corrected chi connectivity index (χ4v) is 3.57. The second kappa shape index (κ2) is 6.64. The van der Waals surface area contributed by atoms with Gasteiger partial charge >= 0.3 is 0 Å². The molecule has 0 bridgehead atoms. The van der Waals surface area contributed by atoms with E-state index in [9.17, 15) is 18.7 Å². The van der Waals surface area contributed by atoms with E-state index < -0.39 is 29.3 Å². The molecule has 1 aromatic carbocycles. The van der Waals surface area contributed by atoms with E-state index in [0.717, 1.165) is 29.5 Å². The molecule has 2 heterocycles. The average molecular weight is 360 g/mol. The molecule has 5 nitrogen and oxygen atoms in total. The number of rotatable bonds is 4. The van der Waals surface area contributed by atoms with Crippen molar-refractivity contribution in [2.45, 2.75) is 31.4 Å². The summed E-state index contributed by atoms with van der Waals surface area (Å²) in [4.78, 5) is 16.1. The summed E-state index contributed by atoms with van der Waals surface area (Å²) in [5.74, 6) is -1.67. The van der Waals surface area contributed by atoms with Crippen molar-refractivity contribution in [1.82, 2.24) is 10.3 Å².